The summed E-state index contributed by atoms with van der Waals surface area (Å²) in [5.74, 6) is 0.307. The molecule has 0 atom stereocenters. The average Bonchev–Trinajstić information content (AvgIpc) is 1.64. The van der Waals surface area contributed by atoms with Crippen LogP contribution in [0.15, 0.2) is 18.2 Å². The predicted molar refractivity (Wildman–Crippen MR) is 38.1 cm³/mol. The van der Waals surface area contributed by atoms with Crippen LogP contribution in [-0.2, 0) is 22.4 Å². The Kier molecular flexibility index (Phi) is 6.89. The van der Waals surface area contributed by atoms with E-state index in [9.17, 15) is 0 Å². The van der Waals surface area contributed by atoms with Crippen molar-refractivity contribution >= 4 is 0 Å². The van der Waals surface area contributed by atoms with Gasteiger partial charge in [-0.1, -0.05) is 6.92 Å². The fourth-order valence-corrected chi connectivity index (χ4v) is 0.570. The van der Waals surface area contributed by atoms with E-state index in [0.29, 0.717) is 5.75 Å². The second-order valence-corrected chi connectivity index (χ2v) is 1.73. The standard InChI is InChI=1S/C7H7O.CH3.Au/c1-6-3-2-4-7(8)5-6;;/h2,4-5,8H,1H3;1H3;/q2*-1;. The largest absolute Gasteiger partial charge is 0.533 e. The molecule has 0 aliphatic carbocycles. The molecule has 0 unspecified atom stereocenters. The third-order valence-corrected chi connectivity index (χ3v) is 0.929. The molecule has 1 N–H and O–H groups in total. The second-order valence-electron chi connectivity index (χ2n) is 1.73. The summed E-state index contributed by atoms with van der Waals surface area (Å²) in [5.41, 5.74) is 0.963. The van der Waals surface area contributed by atoms with E-state index in [2.05, 4.69) is 6.07 Å². The van der Waals surface area contributed by atoms with Gasteiger partial charge in [0.05, 0.1) is 0 Å². The quantitative estimate of drug-likeness (QED) is 0.572. The Morgan fingerprint density at radius 2 is 2.10 bits per heavy atom. The molecule has 0 amide bonds. The molecule has 0 saturated heterocycles. The van der Waals surface area contributed by atoms with Crippen molar-refractivity contribution in [2.45, 2.75) is 6.92 Å². The smallest absolute Gasteiger partial charge is 0.00846 e. The van der Waals surface area contributed by atoms with E-state index in [0.717, 1.165) is 5.56 Å². The van der Waals surface area contributed by atoms with Gasteiger partial charge in [0.1, 0.15) is 0 Å². The van der Waals surface area contributed by atoms with Gasteiger partial charge in [-0.3, -0.25) is 0 Å². The number of phenols is 1. The number of hydrogen-bond acceptors (Lipinski definition) is 1. The fourth-order valence-electron chi connectivity index (χ4n) is 0.570. The summed E-state index contributed by atoms with van der Waals surface area (Å²) in [6.07, 6.45) is 0. The Morgan fingerprint density at radius 1 is 1.50 bits per heavy atom. The molecule has 61 valence electrons. The van der Waals surface area contributed by atoms with Gasteiger partial charge in [-0.2, -0.15) is 17.7 Å². The second kappa shape index (κ2) is 5.54. The van der Waals surface area contributed by atoms with Crippen LogP contribution in [-0.4, -0.2) is 5.11 Å². The van der Waals surface area contributed by atoms with Crippen LogP contribution in [0.3, 0.4) is 0 Å². The van der Waals surface area contributed by atoms with E-state index in [-0.39, 0.29) is 29.8 Å². The Morgan fingerprint density at radius 3 is 2.40 bits per heavy atom. The van der Waals surface area contributed by atoms with E-state index in [1.54, 1.807) is 18.2 Å². The van der Waals surface area contributed by atoms with Crippen LogP contribution >= 0.6 is 0 Å². The van der Waals surface area contributed by atoms with E-state index < -0.39 is 0 Å². The van der Waals surface area contributed by atoms with Gasteiger partial charge >= 0.3 is 0 Å². The van der Waals surface area contributed by atoms with Gasteiger partial charge < -0.3 is 12.5 Å². The molecule has 0 bridgehead atoms. The van der Waals surface area contributed by atoms with Gasteiger partial charge in [-0.05, 0) is 0 Å². The predicted octanol–water partition coefficient (Wildman–Crippen LogP) is 1.95. The minimum atomic E-state index is 0. The van der Waals surface area contributed by atoms with Gasteiger partial charge in [0.15, 0.2) is 0 Å². The maximum atomic E-state index is 8.79. The number of rotatable bonds is 0. The summed E-state index contributed by atoms with van der Waals surface area (Å²) in [6.45, 7) is 1.89. The molecule has 0 spiro atoms. The van der Waals surface area contributed by atoms with Crippen molar-refractivity contribution in [3.63, 3.8) is 0 Å². The van der Waals surface area contributed by atoms with Crippen molar-refractivity contribution in [2.75, 3.05) is 0 Å². The first-order valence-electron chi connectivity index (χ1n) is 2.46. The fraction of sp³-hybridized carbons (Fsp3) is 0.125. The number of aryl methyl sites for hydroxylation is 1. The maximum absolute atomic E-state index is 8.79. The van der Waals surface area contributed by atoms with Gasteiger partial charge in [-0.15, -0.1) is 12.1 Å². The summed E-state index contributed by atoms with van der Waals surface area (Å²) in [4.78, 5) is 0. The van der Waals surface area contributed by atoms with Crippen LogP contribution in [0, 0.1) is 20.4 Å². The zero-order valence-corrected chi connectivity index (χ0v) is 8.15. The minimum Gasteiger partial charge on any atom is -0.533 e. The molecule has 1 aromatic carbocycles. The molecule has 0 aliphatic rings. The normalized spacial score (nSPS) is 7.30. The number of hydrogen-bond donors (Lipinski definition) is 1. The molecular formula is C8H10AuO-2. The Hall–Kier alpha value is -0.240. The first kappa shape index (κ1) is 12.4. The number of phenolic OH excluding ortho intramolecular Hbond substituents is 1. The molecule has 1 aromatic rings. The molecule has 1 rings (SSSR count). The van der Waals surface area contributed by atoms with Crippen molar-refractivity contribution < 1.29 is 27.5 Å². The Balaban J connectivity index is 0. The Labute approximate surface area is 77.6 Å². The van der Waals surface area contributed by atoms with Crippen molar-refractivity contribution in [2.24, 2.45) is 0 Å². The van der Waals surface area contributed by atoms with Gasteiger partial charge in [0, 0.05) is 28.1 Å². The molecule has 0 fully saturated rings. The summed E-state index contributed by atoms with van der Waals surface area (Å²) >= 11 is 0. The molecule has 1 nitrogen and oxygen atoms in total. The van der Waals surface area contributed by atoms with Crippen LogP contribution in [0.1, 0.15) is 5.56 Å². The molecule has 10 heavy (non-hydrogen) atoms. The third kappa shape index (κ3) is 3.72. The zero-order chi connectivity index (χ0) is 5.98. The van der Waals surface area contributed by atoms with Crippen molar-refractivity contribution in [3.8, 4) is 5.75 Å². The zero-order valence-electron chi connectivity index (χ0n) is 5.98. The topological polar surface area (TPSA) is 20.2 Å². The van der Waals surface area contributed by atoms with Crippen LogP contribution in [0.4, 0.5) is 0 Å². The first-order chi connectivity index (χ1) is 3.79. The molecule has 1 radical (unpaired) electrons. The molecule has 0 aromatic heterocycles. The van der Waals surface area contributed by atoms with Crippen LogP contribution in [0.5, 0.6) is 5.75 Å². The monoisotopic (exact) mass is 319 g/mol. The molecular weight excluding hydrogens is 309 g/mol. The van der Waals surface area contributed by atoms with Crippen molar-refractivity contribution in [1.29, 1.82) is 0 Å². The summed E-state index contributed by atoms with van der Waals surface area (Å²) in [5, 5.41) is 8.79. The summed E-state index contributed by atoms with van der Waals surface area (Å²) < 4.78 is 0. The summed E-state index contributed by atoms with van der Waals surface area (Å²) in [7, 11) is 0. The Bertz CT molecular complexity index is 169. The van der Waals surface area contributed by atoms with Gasteiger partial charge in [-0.25, -0.2) is 0 Å². The van der Waals surface area contributed by atoms with Gasteiger partial charge in [0.25, 0.3) is 0 Å². The third-order valence-electron chi connectivity index (χ3n) is 0.929. The van der Waals surface area contributed by atoms with Crippen molar-refractivity contribution in [3.05, 3.63) is 37.3 Å². The maximum Gasteiger partial charge on any atom is 0.00846 e. The summed E-state index contributed by atoms with van der Waals surface area (Å²) in [6, 6.07) is 7.88. The van der Waals surface area contributed by atoms with E-state index in [1.807, 2.05) is 6.92 Å². The van der Waals surface area contributed by atoms with Crippen LogP contribution < -0.4 is 0 Å². The minimum absolute atomic E-state index is 0. The molecule has 2 heteroatoms. The van der Waals surface area contributed by atoms with E-state index in [4.69, 9.17) is 5.11 Å². The molecule has 0 saturated carbocycles. The van der Waals surface area contributed by atoms with E-state index >= 15 is 0 Å². The van der Waals surface area contributed by atoms with Gasteiger partial charge in [0.2, 0.25) is 0 Å². The molecule has 0 aliphatic heterocycles. The number of aromatic hydroxyl groups is 1. The average molecular weight is 319 g/mol. The number of benzene rings is 1. The SMILES string of the molecule is Cc1[c-]ccc(O)c1.[Au].[CH3-]. The van der Waals surface area contributed by atoms with Crippen LogP contribution in [0.25, 0.3) is 0 Å². The van der Waals surface area contributed by atoms with Crippen LogP contribution in [0.2, 0.25) is 0 Å². The van der Waals surface area contributed by atoms with E-state index in [1.165, 1.54) is 0 Å². The van der Waals surface area contributed by atoms with Crippen molar-refractivity contribution in [1.82, 2.24) is 0 Å². The first-order valence-corrected chi connectivity index (χ1v) is 2.46. The molecule has 0 heterocycles.